The lowest BCUT2D eigenvalue weighted by atomic mass is 10.3. The Labute approximate surface area is 125 Å². The summed E-state index contributed by atoms with van der Waals surface area (Å²) in [6.07, 6.45) is 3.38. The summed E-state index contributed by atoms with van der Waals surface area (Å²) in [5.74, 6) is -0.247. The summed E-state index contributed by atoms with van der Waals surface area (Å²) in [6.45, 7) is 2.38. The van der Waals surface area contributed by atoms with Gasteiger partial charge in [-0.15, -0.1) is 16.4 Å². The number of thiazole rings is 1. The molecule has 0 aliphatic rings. The maximum absolute atomic E-state index is 12.0. The number of hydrogen-bond acceptors (Lipinski definition) is 5. The van der Waals surface area contributed by atoms with Crippen molar-refractivity contribution in [2.45, 2.75) is 13.5 Å². The molecule has 0 atom stereocenters. The van der Waals surface area contributed by atoms with E-state index in [9.17, 15) is 4.79 Å². The predicted octanol–water partition coefficient (Wildman–Crippen LogP) is 1.96. The second-order valence-electron chi connectivity index (χ2n) is 4.41. The third-order valence-electron chi connectivity index (χ3n) is 2.84. The van der Waals surface area contributed by atoms with Gasteiger partial charge in [0.25, 0.3) is 5.91 Å². The van der Waals surface area contributed by atoms with Gasteiger partial charge in [0.1, 0.15) is 0 Å². The van der Waals surface area contributed by atoms with Crippen LogP contribution in [0.2, 0.25) is 0 Å². The Morgan fingerprint density at radius 2 is 2.14 bits per heavy atom. The SMILES string of the molecule is Cc1ncc(CNC(=O)c2cn(-c3ccccc3)nn2)s1. The zero-order chi connectivity index (χ0) is 14.7. The average Bonchev–Trinajstić information content (AvgIpc) is 3.15. The number of hydrogen-bond donors (Lipinski definition) is 1. The Bertz CT molecular complexity index is 750. The van der Waals surface area contributed by atoms with Crippen LogP contribution in [0.3, 0.4) is 0 Å². The number of nitrogens with one attached hydrogen (secondary N) is 1. The van der Waals surface area contributed by atoms with Crippen LogP contribution >= 0.6 is 11.3 Å². The second-order valence-corrected chi connectivity index (χ2v) is 5.73. The Morgan fingerprint density at radius 1 is 1.33 bits per heavy atom. The van der Waals surface area contributed by atoms with Crippen LogP contribution in [0.25, 0.3) is 5.69 Å². The molecule has 21 heavy (non-hydrogen) atoms. The first-order valence-corrected chi connectivity index (χ1v) is 7.21. The quantitative estimate of drug-likeness (QED) is 0.799. The van der Waals surface area contributed by atoms with Crippen molar-refractivity contribution >= 4 is 17.2 Å². The van der Waals surface area contributed by atoms with E-state index in [-0.39, 0.29) is 5.91 Å². The highest BCUT2D eigenvalue weighted by Gasteiger charge is 2.11. The van der Waals surface area contributed by atoms with Gasteiger partial charge in [-0.05, 0) is 19.1 Å². The number of para-hydroxylation sites is 1. The molecule has 3 rings (SSSR count). The van der Waals surface area contributed by atoms with Gasteiger partial charge in [0, 0.05) is 11.1 Å². The smallest absolute Gasteiger partial charge is 0.273 e. The van der Waals surface area contributed by atoms with Crippen molar-refractivity contribution in [2.24, 2.45) is 0 Å². The van der Waals surface area contributed by atoms with E-state index in [2.05, 4.69) is 20.6 Å². The van der Waals surface area contributed by atoms with E-state index in [1.165, 1.54) is 0 Å². The topological polar surface area (TPSA) is 72.7 Å². The van der Waals surface area contributed by atoms with E-state index in [1.807, 2.05) is 37.3 Å². The number of carbonyl (C=O) groups excluding carboxylic acids is 1. The fourth-order valence-electron chi connectivity index (χ4n) is 1.82. The molecule has 1 aromatic carbocycles. The van der Waals surface area contributed by atoms with Gasteiger partial charge >= 0.3 is 0 Å². The molecule has 0 spiro atoms. The van der Waals surface area contributed by atoms with E-state index < -0.39 is 0 Å². The molecule has 1 N–H and O–H groups in total. The first-order valence-electron chi connectivity index (χ1n) is 6.39. The van der Waals surface area contributed by atoms with Crippen molar-refractivity contribution in [3.8, 4) is 5.69 Å². The van der Waals surface area contributed by atoms with Gasteiger partial charge in [0.2, 0.25) is 0 Å². The minimum Gasteiger partial charge on any atom is -0.346 e. The molecule has 2 heterocycles. The van der Waals surface area contributed by atoms with Crippen LogP contribution in [-0.2, 0) is 6.54 Å². The fourth-order valence-corrected chi connectivity index (χ4v) is 2.55. The second kappa shape index (κ2) is 5.84. The van der Waals surface area contributed by atoms with Crippen molar-refractivity contribution in [1.82, 2.24) is 25.3 Å². The Morgan fingerprint density at radius 3 is 2.86 bits per heavy atom. The average molecular weight is 299 g/mol. The number of nitrogens with zero attached hydrogens (tertiary/aromatic N) is 4. The minimum absolute atomic E-state index is 0.247. The molecule has 6 nitrogen and oxygen atoms in total. The summed E-state index contributed by atoms with van der Waals surface area (Å²) >= 11 is 1.56. The third-order valence-corrected chi connectivity index (χ3v) is 3.75. The van der Waals surface area contributed by atoms with Crippen LogP contribution in [0.5, 0.6) is 0 Å². The van der Waals surface area contributed by atoms with Gasteiger partial charge in [-0.2, -0.15) is 0 Å². The molecule has 0 saturated heterocycles. The Hall–Kier alpha value is -2.54. The van der Waals surface area contributed by atoms with Gasteiger partial charge in [-0.3, -0.25) is 4.79 Å². The van der Waals surface area contributed by atoms with Crippen molar-refractivity contribution in [3.63, 3.8) is 0 Å². The van der Waals surface area contributed by atoms with Crippen LogP contribution in [-0.4, -0.2) is 25.9 Å². The summed E-state index contributed by atoms with van der Waals surface area (Å²) in [5.41, 5.74) is 1.15. The monoisotopic (exact) mass is 299 g/mol. The van der Waals surface area contributed by atoms with Crippen molar-refractivity contribution in [3.05, 3.63) is 58.3 Å². The zero-order valence-electron chi connectivity index (χ0n) is 11.4. The molecule has 0 saturated carbocycles. The standard InChI is InChI=1S/C14H13N5OS/c1-10-15-7-12(21-10)8-16-14(20)13-9-19(18-17-13)11-5-3-2-4-6-11/h2-7,9H,8H2,1H3,(H,16,20). The highest BCUT2D eigenvalue weighted by molar-refractivity contribution is 7.11. The largest absolute Gasteiger partial charge is 0.346 e. The molecule has 1 amide bonds. The van der Waals surface area contributed by atoms with Gasteiger partial charge in [-0.1, -0.05) is 23.4 Å². The number of aromatic nitrogens is 4. The fraction of sp³-hybridized carbons (Fsp3) is 0.143. The van der Waals surface area contributed by atoms with Crippen molar-refractivity contribution in [1.29, 1.82) is 0 Å². The summed E-state index contributed by atoms with van der Waals surface area (Å²) in [6, 6.07) is 9.53. The first-order chi connectivity index (χ1) is 10.2. The molecule has 3 aromatic rings. The van der Waals surface area contributed by atoms with Crippen LogP contribution in [0.1, 0.15) is 20.4 Å². The molecule has 0 aliphatic carbocycles. The summed E-state index contributed by atoms with van der Waals surface area (Å²) < 4.78 is 1.58. The zero-order valence-corrected chi connectivity index (χ0v) is 12.2. The van der Waals surface area contributed by atoms with E-state index in [4.69, 9.17) is 0 Å². The molecule has 0 fully saturated rings. The van der Waals surface area contributed by atoms with Crippen LogP contribution in [0.4, 0.5) is 0 Å². The lowest BCUT2D eigenvalue weighted by Gasteiger charge is -1.99. The molecular weight excluding hydrogens is 286 g/mol. The van der Waals surface area contributed by atoms with E-state index >= 15 is 0 Å². The third kappa shape index (κ3) is 3.14. The van der Waals surface area contributed by atoms with Crippen LogP contribution < -0.4 is 5.32 Å². The van der Waals surface area contributed by atoms with Gasteiger partial charge in [0.05, 0.1) is 23.4 Å². The van der Waals surface area contributed by atoms with Crippen LogP contribution in [0.15, 0.2) is 42.7 Å². The normalized spacial score (nSPS) is 10.5. The predicted molar refractivity (Wildman–Crippen MR) is 79.4 cm³/mol. The van der Waals surface area contributed by atoms with E-state index in [1.54, 1.807) is 28.4 Å². The van der Waals surface area contributed by atoms with Crippen LogP contribution in [0, 0.1) is 6.92 Å². The minimum atomic E-state index is -0.247. The van der Waals surface area contributed by atoms with E-state index in [0.29, 0.717) is 12.2 Å². The Balaban J connectivity index is 1.67. The lowest BCUT2D eigenvalue weighted by Crippen LogP contribution is -2.22. The summed E-state index contributed by atoms with van der Waals surface area (Å²) in [5, 5.41) is 11.7. The summed E-state index contributed by atoms with van der Waals surface area (Å²) in [4.78, 5) is 17.2. The maximum Gasteiger partial charge on any atom is 0.273 e. The van der Waals surface area contributed by atoms with Gasteiger partial charge in [0.15, 0.2) is 5.69 Å². The highest BCUT2D eigenvalue weighted by Crippen LogP contribution is 2.11. The molecule has 0 radical (unpaired) electrons. The molecular formula is C14H13N5OS. The van der Waals surface area contributed by atoms with Crippen molar-refractivity contribution < 1.29 is 4.79 Å². The maximum atomic E-state index is 12.0. The number of rotatable bonds is 4. The number of amides is 1. The molecule has 2 aromatic heterocycles. The molecule has 0 unspecified atom stereocenters. The van der Waals surface area contributed by atoms with E-state index in [0.717, 1.165) is 15.6 Å². The Kier molecular flexibility index (Phi) is 3.74. The van der Waals surface area contributed by atoms with Crippen molar-refractivity contribution in [2.75, 3.05) is 0 Å². The van der Waals surface area contributed by atoms with Gasteiger partial charge in [-0.25, -0.2) is 9.67 Å². The molecule has 0 bridgehead atoms. The highest BCUT2D eigenvalue weighted by atomic mass is 32.1. The molecule has 7 heteroatoms. The number of carbonyl (C=O) groups is 1. The first kappa shape index (κ1) is 13.4. The van der Waals surface area contributed by atoms with Gasteiger partial charge < -0.3 is 5.32 Å². The molecule has 106 valence electrons. The molecule has 0 aliphatic heterocycles. The summed E-state index contributed by atoms with van der Waals surface area (Å²) in [7, 11) is 0. The number of aryl methyl sites for hydroxylation is 1. The lowest BCUT2D eigenvalue weighted by molar-refractivity contribution is 0.0946. The number of benzene rings is 1.